The standard InChI is InChI=1S/C24H17FN6O3S2/c25-16-9-11-17(12-10-16)31-21(14-22(29-31)30-36(33,34)18-6-2-1-3-7-18)23(32)28-24-27-20(15-35-24)19-8-4-5-13-26-19/h1-15H,(H,29,30)(H,27,28,32). The van der Waals surface area contributed by atoms with Gasteiger partial charge in [-0.15, -0.1) is 16.4 Å². The zero-order valence-electron chi connectivity index (χ0n) is 18.4. The second-order valence-electron chi connectivity index (χ2n) is 7.43. The lowest BCUT2D eigenvalue weighted by atomic mass is 10.3. The van der Waals surface area contributed by atoms with Gasteiger partial charge in [0.25, 0.3) is 15.9 Å². The van der Waals surface area contributed by atoms with Gasteiger partial charge in [-0.2, -0.15) is 0 Å². The highest BCUT2D eigenvalue weighted by molar-refractivity contribution is 7.92. The lowest BCUT2D eigenvalue weighted by Crippen LogP contribution is -2.17. The fourth-order valence-electron chi connectivity index (χ4n) is 3.29. The number of sulfonamides is 1. The average molecular weight is 521 g/mol. The van der Waals surface area contributed by atoms with Gasteiger partial charge in [-0.25, -0.2) is 22.5 Å². The second-order valence-corrected chi connectivity index (χ2v) is 9.97. The summed E-state index contributed by atoms with van der Waals surface area (Å²) >= 11 is 1.21. The Hall–Kier alpha value is -4.42. The third kappa shape index (κ3) is 4.99. The Morgan fingerprint density at radius 2 is 1.69 bits per heavy atom. The summed E-state index contributed by atoms with van der Waals surface area (Å²) in [5.41, 5.74) is 1.63. The third-order valence-electron chi connectivity index (χ3n) is 4.96. The van der Waals surface area contributed by atoms with Crippen molar-refractivity contribution in [3.8, 4) is 17.1 Å². The highest BCUT2D eigenvalue weighted by Crippen LogP contribution is 2.25. The summed E-state index contributed by atoms with van der Waals surface area (Å²) in [4.78, 5) is 21.9. The normalized spacial score (nSPS) is 11.2. The number of hydrogen-bond donors (Lipinski definition) is 2. The minimum Gasteiger partial charge on any atom is -0.296 e. The van der Waals surface area contributed by atoms with Crippen molar-refractivity contribution in [3.05, 3.63) is 102 Å². The minimum absolute atomic E-state index is 0.0157. The van der Waals surface area contributed by atoms with Crippen LogP contribution < -0.4 is 10.0 Å². The fourth-order valence-corrected chi connectivity index (χ4v) is 5.00. The van der Waals surface area contributed by atoms with Crippen molar-refractivity contribution in [2.75, 3.05) is 10.0 Å². The van der Waals surface area contributed by atoms with Crippen LogP contribution >= 0.6 is 11.3 Å². The molecule has 180 valence electrons. The lowest BCUT2D eigenvalue weighted by Gasteiger charge is -2.07. The SMILES string of the molecule is O=C(Nc1nc(-c2ccccn2)cs1)c1cc(NS(=O)(=O)c2ccccc2)nn1-c1ccc(F)cc1. The van der Waals surface area contributed by atoms with Crippen LogP contribution in [0.5, 0.6) is 0 Å². The van der Waals surface area contributed by atoms with E-state index in [1.54, 1.807) is 41.9 Å². The molecule has 3 aromatic heterocycles. The summed E-state index contributed by atoms with van der Waals surface area (Å²) in [6, 6.07) is 19.8. The molecule has 0 unspecified atom stereocenters. The first-order valence-corrected chi connectivity index (χ1v) is 12.9. The van der Waals surface area contributed by atoms with Gasteiger partial charge >= 0.3 is 0 Å². The molecule has 0 fully saturated rings. The Balaban J connectivity index is 1.46. The first kappa shape index (κ1) is 23.3. The van der Waals surface area contributed by atoms with Gasteiger partial charge in [0.1, 0.15) is 17.2 Å². The summed E-state index contributed by atoms with van der Waals surface area (Å²) < 4.78 is 42.7. The maximum Gasteiger partial charge on any atom is 0.276 e. The molecule has 0 saturated heterocycles. The van der Waals surface area contributed by atoms with Crippen molar-refractivity contribution >= 4 is 38.2 Å². The number of aromatic nitrogens is 4. The third-order valence-corrected chi connectivity index (χ3v) is 7.09. The zero-order valence-corrected chi connectivity index (χ0v) is 20.0. The number of carbonyl (C=O) groups excluding carboxylic acids is 1. The Morgan fingerprint density at radius 1 is 0.944 bits per heavy atom. The Kier molecular flexibility index (Phi) is 6.27. The first-order valence-electron chi connectivity index (χ1n) is 10.5. The molecule has 2 aromatic carbocycles. The van der Waals surface area contributed by atoms with Crippen LogP contribution in [0.15, 0.2) is 95.3 Å². The summed E-state index contributed by atoms with van der Waals surface area (Å²) in [5, 5.41) is 9.04. The average Bonchev–Trinajstić information content (AvgIpc) is 3.53. The summed E-state index contributed by atoms with van der Waals surface area (Å²) in [6.45, 7) is 0. The van der Waals surface area contributed by atoms with Crippen LogP contribution in [0, 0.1) is 5.82 Å². The van der Waals surface area contributed by atoms with Gasteiger partial charge in [-0.05, 0) is 48.5 Å². The van der Waals surface area contributed by atoms with E-state index in [-0.39, 0.29) is 16.4 Å². The van der Waals surface area contributed by atoms with Gasteiger partial charge in [0.2, 0.25) is 0 Å². The molecule has 0 radical (unpaired) electrons. The van der Waals surface area contributed by atoms with Crippen LogP contribution in [0.3, 0.4) is 0 Å². The van der Waals surface area contributed by atoms with E-state index in [0.29, 0.717) is 22.2 Å². The maximum atomic E-state index is 13.5. The van der Waals surface area contributed by atoms with Gasteiger partial charge in [-0.3, -0.25) is 19.8 Å². The molecule has 12 heteroatoms. The Morgan fingerprint density at radius 3 is 2.42 bits per heavy atom. The number of nitrogens with one attached hydrogen (secondary N) is 2. The molecule has 0 bridgehead atoms. The van der Waals surface area contributed by atoms with Crippen molar-refractivity contribution in [3.63, 3.8) is 0 Å². The zero-order chi connectivity index (χ0) is 25.1. The van der Waals surface area contributed by atoms with E-state index in [9.17, 15) is 17.6 Å². The number of nitrogens with zero attached hydrogens (tertiary/aromatic N) is 4. The number of amides is 1. The maximum absolute atomic E-state index is 13.5. The molecule has 5 rings (SSSR count). The van der Waals surface area contributed by atoms with Crippen LogP contribution in [0.25, 0.3) is 17.1 Å². The molecule has 2 N–H and O–H groups in total. The summed E-state index contributed by atoms with van der Waals surface area (Å²) in [6.07, 6.45) is 1.65. The van der Waals surface area contributed by atoms with E-state index in [4.69, 9.17) is 0 Å². The van der Waals surface area contributed by atoms with E-state index in [1.807, 2.05) is 6.07 Å². The second kappa shape index (κ2) is 9.68. The van der Waals surface area contributed by atoms with Crippen molar-refractivity contribution in [1.82, 2.24) is 19.7 Å². The van der Waals surface area contributed by atoms with Gasteiger partial charge in [-0.1, -0.05) is 24.3 Å². The molecule has 0 aliphatic rings. The topological polar surface area (TPSA) is 119 Å². The van der Waals surface area contributed by atoms with Crippen molar-refractivity contribution in [2.45, 2.75) is 4.90 Å². The van der Waals surface area contributed by atoms with Crippen LogP contribution in [0.1, 0.15) is 10.5 Å². The van der Waals surface area contributed by atoms with E-state index < -0.39 is 21.7 Å². The number of hydrogen-bond acceptors (Lipinski definition) is 7. The van der Waals surface area contributed by atoms with Crippen LogP contribution in [-0.4, -0.2) is 34.1 Å². The quantitative estimate of drug-likeness (QED) is 0.324. The monoisotopic (exact) mass is 520 g/mol. The Labute approximate surface area is 209 Å². The molecule has 0 aliphatic heterocycles. The molecule has 5 aromatic rings. The number of halogens is 1. The predicted octanol–water partition coefficient (Wildman–Crippen LogP) is 4.58. The molecule has 0 saturated carbocycles. The number of carbonyl (C=O) groups is 1. The van der Waals surface area contributed by atoms with Gasteiger partial charge < -0.3 is 0 Å². The molecule has 0 atom stereocenters. The Bertz CT molecular complexity index is 1620. The molecular formula is C24H17FN6O3S2. The van der Waals surface area contributed by atoms with E-state index >= 15 is 0 Å². The first-order chi connectivity index (χ1) is 17.4. The molecule has 36 heavy (non-hydrogen) atoms. The number of pyridine rings is 1. The number of benzene rings is 2. The largest absolute Gasteiger partial charge is 0.296 e. The molecule has 0 spiro atoms. The van der Waals surface area contributed by atoms with Crippen molar-refractivity contribution < 1.29 is 17.6 Å². The van der Waals surface area contributed by atoms with Crippen molar-refractivity contribution in [2.24, 2.45) is 0 Å². The lowest BCUT2D eigenvalue weighted by molar-refractivity contribution is 0.101. The van der Waals surface area contributed by atoms with Crippen LogP contribution in [0.4, 0.5) is 15.3 Å². The van der Waals surface area contributed by atoms with E-state index in [0.717, 1.165) is 0 Å². The number of thiazole rings is 1. The summed E-state index contributed by atoms with van der Waals surface area (Å²) in [7, 11) is -3.95. The van der Waals surface area contributed by atoms with Gasteiger partial charge in [0, 0.05) is 17.6 Å². The predicted molar refractivity (Wildman–Crippen MR) is 134 cm³/mol. The molecule has 9 nitrogen and oxygen atoms in total. The molecule has 0 aliphatic carbocycles. The highest BCUT2D eigenvalue weighted by atomic mass is 32.2. The van der Waals surface area contributed by atoms with Crippen LogP contribution in [0.2, 0.25) is 0 Å². The molecule has 1 amide bonds. The van der Waals surface area contributed by atoms with Crippen molar-refractivity contribution in [1.29, 1.82) is 0 Å². The summed E-state index contributed by atoms with van der Waals surface area (Å²) in [5.74, 6) is -1.13. The van der Waals surface area contributed by atoms with Gasteiger partial charge in [0.15, 0.2) is 10.9 Å². The van der Waals surface area contributed by atoms with Gasteiger partial charge in [0.05, 0.1) is 16.3 Å². The smallest absolute Gasteiger partial charge is 0.276 e. The number of rotatable bonds is 7. The highest BCUT2D eigenvalue weighted by Gasteiger charge is 2.22. The van der Waals surface area contributed by atoms with E-state index in [1.165, 1.54) is 58.5 Å². The minimum atomic E-state index is -3.95. The molecular weight excluding hydrogens is 503 g/mol. The fraction of sp³-hybridized carbons (Fsp3) is 0. The molecule has 3 heterocycles. The van der Waals surface area contributed by atoms with Crippen LogP contribution in [-0.2, 0) is 10.0 Å². The number of anilines is 2. The van der Waals surface area contributed by atoms with E-state index in [2.05, 4.69) is 25.1 Å².